The molecule has 2 N–H and O–H groups in total. The number of nitrogens with one attached hydrogen (secondary N) is 2. The molecule has 0 saturated carbocycles. The van der Waals surface area contributed by atoms with E-state index < -0.39 is 5.97 Å². The van der Waals surface area contributed by atoms with Gasteiger partial charge < -0.3 is 20.1 Å². The number of esters is 1. The zero-order valence-electron chi connectivity index (χ0n) is 13.3. The number of amides is 1. The summed E-state index contributed by atoms with van der Waals surface area (Å²) < 4.78 is 9.65. The van der Waals surface area contributed by atoms with Gasteiger partial charge in [-0.05, 0) is 30.3 Å². The van der Waals surface area contributed by atoms with Crippen molar-refractivity contribution in [1.82, 2.24) is 0 Å². The quantitative estimate of drug-likeness (QED) is 0.784. The molecule has 0 heterocycles. The molecular formula is C17H17ClN2O4. The van der Waals surface area contributed by atoms with E-state index in [0.717, 1.165) is 0 Å². The van der Waals surface area contributed by atoms with Gasteiger partial charge in [0, 0.05) is 11.4 Å². The number of rotatable bonds is 6. The first-order valence-electron chi connectivity index (χ1n) is 7.09. The maximum absolute atomic E-state index is 12.5. The van der Waals surface area contributed by atoms with E-state index in [0.29, 0.717) is 27.7 Å². The Hall–Kier alpha value is -2.73. The van der Waals surface area contributed by atoms with E-state index in [1.54, 1.807) is 42.5 Å². The molecule has 7 heteroatoms. The molecule has 24 heavy (non-hydrogen) atoms. The largest absolute Gasteiger partial charge is 0.495 e. The molecular weight excluding hydrogens is 332 g/mol. The minimum absolute atomic E-state index is 0.0326. The van der Waals surface area contributed by atoms with Crippen molar-refractivity contribution in [3.63, 3.8) is 0 Å². The van der Waals surface area contributed by atoms with Crippen LogP contribution in [-0.2, 0) is 9.53 Å². The highest BCUT2D eigenvalue weighted by atomic mass is 35.5. The Labute approximate surface area is 144 Å². The van der Waals surface area contributed by atoms with Gasteiger partial charge in [0.15, 0.2) is 0 Å². The molecule has 0 saturated heterocycles. The number of halogens is 1. The third kappa shape index (κ3) is 4.39. The predicted octanol–water partition coefficient (Wildman–Crippen LogP) is 3.19. The Balaban J connectivity index is 2.15. The van der Waals surface area contributed by atoms with Crippen LogP contribution in [-0.4, -0.2) is 32.6 Å². The number of carbonyl (C=O) groups excluding carboxylic acids is 2. The second-order valence-corrected chi connectivity index (χ2v) is 5.19. The fourth-order valence-electron chi connectivity index (χ4n) is 2.02. The first-order valence-corrected chi connectivity index (χ1v) is 7.47. The molecule has 2 rings (SSSR count). The highest BCUT2D eigenvalue weighted by Gasteiger charge is 2.13. The first kappa shape index (κ1) is 17.6. The lowest BCUT2D eigenvalue weighted by molar-refractivity contribution is -0.138. The Morgan fingerprint density at radius 1 is 1.12 bits per heavy atom. The summed E-state index contributed by atoms with van der Waals surface area (Å²) in [7, 11) is 2.82. The number of carbonyl (C=O) groups is 2. The van der Waals surface area contributed by atoms with Crippen LogP contribution in [0, 0.1) is 0 Å². The van der Waals surface area contributed by atoms with Crippen LogP contribution in [0.15, 0.2) is 42.5 Å². The average molecular weight is 349 g/mol. The van der Waals surface area contributed by atoms with Gasteiger partial charge in [-0.1, -0.05) is 23.7 Å². The van der Waals surface area contributed by atoms with Crippen molar-refractivity contribution in [3.05, 3.63) is 53.1 Å². The highest BCUT2D eigenvalue weighted by molar-refractivity contribution is 6.32. The third-order valence-corrected chi connectivity index (χ3v) is 3.53. The summed E-state index contributed by atoms with van der Waals surface area (Å²) in [5, 5.41) is 6.03. The van der Waals surface area contributed by atoms with Gasteiger partial charge >= 0.3 is 5.97 Å². The second kappa shape index (κ2) is 8.21. The summed E-state index contributed by atoms with van der Waals surface area (Å²) in [5.74, 6) is -0.230. The number of para-hydroxylation sites is 1. The molecule has 0 fully saturated rings. The standard InChI is InChI=1S/C17H17ClN2O4/c1-23-15-8-7-11(9-13(15)18)20-17(22)12-5-3-4-6-14(12)19-10-16(21)24-2/h3-9,19H,10H2,1-2H3,(H,20,22). The smallest absolute Gasteiger partial charge is 0.325 e. The Kier molecular flexibility index (Phi) is 6.03. The molecule has 0 atom stereocenters. The Morgan fingerprint density at radius 2 is 1.88 bits per heavy atom. The zero-order valence-corrected chi connectivity index (χ0v) is 14.0. The zero-order chi connectivity index (χ0) is 17.5. The summed E-state index contributed by atoms with van der Waals surface area (Å²) in [4.78, 5) is 23.7. The van der Waals surface area contributed by atoms with Crippen molar-refractivity contribution >= 4 is 34.9 Å². The van der Waals surface area contributed by atoms with Crippen molar-refractivity contribution in [3.8, 4) is 5.75 Å². The van der Waals surface area contributed by atoms with Crippen LogP contribution in [0.5, 0.6) is 5.75 Å². The van der Waals surface area contributed by atoms with E-state index >= 15 is 0 Å². The van der Waals surface area contributed by atoms with E-state index in [1.165, 1.54) is 14.2 Å². The average Bonchev–Trinajstić information content (AvgIpc) is 2.60. The minimum Gasteiger partial charge on any atom is -0.495 e. The summed E-state index contributed by atoms with van der Waals surface area (Å²) in [5.41, 5.74) is 1.46. The van der Waals surface area contributed by atoms with Crippen LogP contribution >= 0.6 is 11.6 Å². The number of anilines is 2. The Morgan fingerprint density at radius 3 is 2.54 bits per heavy atom. The fourth-order valence-corrected chi connectivity index (χ4v) is 2.28. The van der Waals surface area contributed by atoms with Crippen molar-refractivity contribution in [1.29, 1.82) is 0 Å². The fraction of sp³-hybridized carbons (Fsp3) is 0.176. The van der Waals surface area contributed by atoms with Crippen molar-refractivity contribution in [2.75, 3.05) is 31.4 Å². The van der Waals surface area contributed by atoms with E-state index in [-0.39, 0.29) is 12.5 Å². The van der Waals surface area contributed by atoms with E-state index in [9.17, 15) is 9.59 Å². The molecule has 2 aromatic carbocycles. The molecule has 0 aromatic heterocycles. The molecule has 0 unspecified atom stereocenters. The summed E-state index contributed by atoms with van der Waals surface area (Å²) in [6, 6.07) is 11.8. The van der Waals surface area contributed by atoms with Crippen LogP contribution in [0.1, 0.15) is 10.4 Å². The van der Waals surface area contributed by atoms with Crippen molar-refractivity contribution in [2.24, 2.45) is 0 Å². The van der Waals surface area contributed by atoms with Crippen LogP contribution < -0.4 is 15.4 Å². The van der Waals surface area contributed by atoms with Crippen LogP contribution in [0.25, 0.3) is 0 Å². The molecule has 1 amide bonds. The van der Waals surface area contributed by atoms with E-state index in [2.05, 4.69) is 15.4 Å². The number of benzene rings is 2. The Bertz CT molecular complexity index is 749. The van der Waals surface area contributed by atoms with Gasteiger partial charge in [0.25, 0.3) is 5.91 Å². The monoisotopic (exact) mass is 348 g/mol. The molecule has 2 aromatic rings. The van der Waals surface area contributed by atoms with Gasteiger partial charge in [0.2, 0.25) is 0 Å². The maximum Gasteiger partial charge on any atom is 0.325 e. The van der Waals surface area contributed by atoms with Crippen LogP contribution in [0.2, 0.25) is 5.02 Å². The van der Waals surface area contributed by atoms with Gasteiger partial charge in [0.1, 0.15) is 12.3 Å². The lowest BCUT2D eigenvalue weighted by Gasteiger charge is -2.12. The maximum atomic E-state index is 12.5. The summed E-state index contributed by atoms with van der Waals surface area (Å²) in [6.07, 6.45) is 0. The van der Waals surface area contributed by atoms with Gasteiger partial charge in [0.05, 0.1) is 24.8 Å². The molecule has 0 aliphatic heterocycles. The highest BCUT2D eigenvalue weighted by Crippen LogP contribution is 2.27. The van der Waals surface area contributed by atoms with Crippen molar-refractivity contribution < 1.29 is 19.1 Å². The second-order valence-electron chi connectivity index (χ2n) is 4.78. The topological polar surface area (TPSA) is 76.7 Å². The summed E-state index contributed by atoms with van der Waals surface area (Å²) >= 11 is 6.05. The number of hydrogen-bond donors (Lipinski definition) is 2. The van der Waals surface area contributed by atoms with Crippen LogP contribution in [0.4, 0.5) is 11.4 Å². The van der Waals surface area contributed by atoms with Gasteiger partial charge in [-0.15, -0.1) is 0 Å². The number of ether oxygens (including phenoxy) is 2. The molecule has 0 aliphatic carbocycles. The van der Waals surface area contributed by atoms with E-state index in [1.807, 2.05) is 0 Å². The molecule has 0 bridgehead atoms. The molecule has 0 spiro atoms. The lowest BCUT2D eigenvalue weighted by Crippen LogP contribution is -2.19. The van der Waals surface area contributed by atoms with Crippen LogP contribution in [0.3, 0.4) is 0 Å². The van der Waals surface area contributed by atoms with Gasteiger partial charge in [-0.25, -0.2) is 0 Å². The summed E-state index contributed by atoms with van der Waals surface area (Å²) in [6.45, 7) is -0.0326. The SMILES string of the molecule is COC(=O)CNc1ccccc1C(=O)Nc1ccc(OC)c(Cl)c1. The predicted molar refractivity (Wildman–Crippen MR) is 92.9 cm³/mol. The minimum atomic E-state index is -0.424. The molecule has 0 radical (unpaired) electrons. The number of hydrogen-bond acceptors (Lipinski definition) is 5. The van der Waals surface area contributed by atoms with E-state index in [4.69, 9.17) is 16.3 Å². The normalized spacial score (nSPS) is 9.96. The molecule has 6 nitrogen and oxygen atoms in total. The van der Waals surface area contributed by atoms with Gasteiger partial charge in [-0.2, -0.15) is 0 Å². The van der Waals surface area contributed by atoms with Crippen molar-refractivity contribution in [2.45, 2.75) is 0 Å². The third-order valence-electron chi connectivity index (χ3n) is 3.23. The van der Waals surface area contributed by atoms with Gasteiger partial charge in [-0.3, -0.25) is 9.59 Å². The molecule has 0 aliphatic rings. The lowest BCUT2D eigenvalue weighted by atomic mass is 10.1. The molecule has 126 valence electrons. The number of methoxy groups -OCH3 is 2. The first-order chi connectivity index (χ1) is 11.5.